The number of alkyl carbamates (subject to hydrolysis) is 1. The van der Waals surface area contributed by atoms with Gasteiger partial charge in [-0.05, 0) is 42.7 Å². The number of aliphatic carboxylic acids is 1. The molecule has 0 bridgehead atoms. The number of carbonyl (C=O) groups is 3. The lowest BCUT2D eigenvalue weighted by molar-refractivity contribution is -0.137. The zero-order chi connectivity index (χ0) is 23.5. The zero-order valence-electron chi connectivity index (χ0n) is 18.2. The minimum Gasteiger partial charge on any atom is -0.481 e. The monoisotopic (exact) mass is 449 g/mol. The number of rotatable bonds is 11. The number of anilines is 1. The van der Waals surface area contributed by atoms with Crippen LogP contribution in [0.4, 0.5) is 10.5 Å². The van der Waals surface area contributed by atoms with Crippen molar-refractivity contribution >= 4 is 34.6 Å². The van der Waals surface area contributed by atoms with Crippen LogP contribution in [-0.4, -0.2) is 34.1 Å². The Balaban J connectivity index is 1.60. The Kier molecular flexibility index (Phi) is 8.76. The van der Waals surface area contributed by atoms with Crippen LogP contribution in [0.1, 0.15) is 37.7 Å². The lowest BCUT2D eigenvalue weighted by Crippen LogP contribution is -2.44. The molecule has 3 aromatic rings. The number of nitrogens with zero attached hydrogens (tertiary/aromatic N) is 1. The largest absolute Gasteiger partial charge is 0.481 e. The SMILES string of the molecule is O=C(O)CCCCCC(NC(=O)OCc1ccccc1)C(=O)Nc1ccc2ncccc2c1. The maximum atomic E-state index is 12.9. The van der Waals surface area contributed by atoms with Gasteiger partial charge in [-0.15, -0.1) is 0 Å². The van der Waals surface area contributed by atoms with Gasteiger partial charge in [-0.25, -0.2) is 4.79 Å². The topological polar surface area (TPSA) is 118 Å². The van der Waals surface area contributed by atoms with Crippen molar-refractivity contribution < 1.29 is 24.2 Å². The summed E-state index contributed by atoms with van der Waals surface area (Å²) in [6, 6.07) is 17.5. The lowest BCUT2D eigenvalue weighted by atomic mass is 10.1. The van der Waals surface area contributed by atoms with Gasteiger partial charge >= 0.3 is 12.1 Å². The Morgan fingerprint density at radius 1 is 0.970 bits per heavy atom. The van der Waals surface area contributed by atoms with Crippen molar-refractivity contribution in [2.75, 3.05) is 5.32 Å². The number of unbranched alkanes of at least 4 members (excludes halogenated alkanes) is 2. The average Bonchev–Trinajstić information content (AvgIpc) is 2.82. The molecule has 3 N–H and O–H groups in total. The molecule has 0 saturated heterocycles. The molecule has 1 heterocycles. The predicted octanol–water partition coefficient (Wildman–Crippen LogP) is 4.50. The predicted molar refractivity (Wildman–Crippen MR) is 125 cm³/mol. The number of hydrogen-bond acceptors (Lipinski definition) is 5. The standard InChI is InChI=1S/C25H27N3O5/c29-23(30)12-6-2-5-11-22(28-25(32)33-17-18-8-3-1-4-9-18)24(31)27-20-13-14-21-19(16-20)10-7-15-26-21/h1,3-4,7-10,13-16,22H,2,5-6,11-12,17H2,(H,27,31)(H,28,32)(H,29,30). The van der Waals surface area contributed by atoms with Gasteiger partial charge in [-0.2, -0.15) is 0 Å². The van der Waals surface area contributed by atoms with Crippen LogP contribution in [-0.2, 0) is 20.9 Å². The van der Waals surface area contributed by atoms with Gasteiger partial charge in [0.1, 0.15) is 12.6 Å². The van der Waals surface area contributed by atoms with E-state index in [4.69, 9.17) is 9.84 Å². The molecule has 0 saturated carbocycles. The van der Waals surface area contributed by atoms with Gasteiger partial charge in [-0.3, -0.25) is 14.6 Å². The van der Waals surface area contributed by atoms with Crippen LogP contribution in [0.5, 0.6) is 0 Å². The molecule has 0 radical (unpaired) electrons. The van der Waals surface area contributed by atoms with Crippen molar-refractivity contribution in [1.82, 2.24) is 10.3 Å². The summed E-state index contributed by atoms with van der Waals surface area (Å²) in [4.78, 5) is 40.2. The summed E-state index contributed by atoms with van der Waals surface area (Å²) >= 11 is 0. The first-order valence-electron chi connectivity index (χ1n) is 10.9. The molecule has 8 heteroatoms. The molecular weight excluding hydrogens is 422 g/mol. The van der Waals surface area contributed by atoms with E-state index < -0.39 is 18.1 Å². The Morgan fingerprint density at radius 3 is 2.58 bits per heavy atom. The second-order valence-corrected chi connectivity index (χ2v) is 7.65. The molecular formula is C25H27N3O5. The van der Waals surface area contributed by atoms with Crippen molar-refractivity contribution in [3.8, 4) is 0 Å². The molecule has 3 rings (SSSR count). The number of hydrogen-bond donors (Lipinski definition) is 3. The van der Waals surface area contributed by atoms with Crippen LogP contribution in [0.25, 0.3) is 10.9 Å². The molecule has 0 aliphatic carbocycles. The molecule has 2 aromatic carbocycles. The fourth-order valence-corrected chi connectivity index (χ4v) is 3.36. The summed E-state index contributed by atoms with van der Waals surface area (Å²) in [6.45, 7) is 0.0945. The van der Waals surface area contributed by atoms with Crippen molar-refractivity contribution in [3.05, 3.63) is 72.4 Å². The number of carboxylic acid groups (broad SMARTS) is 1. The molecule has 33 heavy (non-hydrogen) atoms. The van der Waals surface area contributed by atoms with Crippen LogP contribution in [0.15, 0.2) is 66.9 Å². The van der Waals surface area contributed by atoms with Crippen LogP contribution in [0.3, 0.4) is 0 Å². The number of benzene rings is 2. The Labute approximate surface area is 192 Å². The number of aromatic nitrogens is 1. The smallest absolute Gasteiger partial charge is 0.408 e. The van der Waals surface area contributed by atoms with E-state index >= 15 is 0 Å². The number of carbonyl (C=O) groups excluding carboxylic acids is 2. The maximum absolute atomic E-state index is 12.9. The minimum absolute atomic E-state index is 0.0779. The summed E-state index contributed by atoms with van der Waals surface area (Å²) in [5.41, 5.74) is 2.25. The van der Waals surface area contributed by atoms with Crippen LogP contribution >= 0.6 is 0 Å². The number of carboxylic acids is 1. The van der Waals surface area contributed by atoms with E-state index in [1.807, 2.05) is 54.6 Å². The summed E-state index contributed by atoms with van der Waals surface area (Å²) in [7, 11) is 0. The van der Waals surface area contributed by atoms with Crippen LogP contribution in [0, 0.1) is 0 Å². The van der Waals surface area contributed by atoms with Crippen LogP contribution in [0.2, 0.25) is 0 Å². The molecule has 172 valence electrons. The summed E-state index contributed by atoms with van der Waals surface area (Å²) < 4.78 is 5.26. The normalized spacial score (nSPS) is 11.5. The summed E-state index contributed by atoms with van der Waals surface area (Å²) in [5, 5.41) is 15.1. The van der Waals surface area contributed by atoms with Gasteiger partial charge in [0, 0.05) is 23.7 Å². The van der Waals surface area contributed by atoms with Crippen molar-refractivity contribution in [2.24, 2.45) is 0 Å². The molecule has 0 fully saturated rings. The average molecular weight is 450 g/mol. The quantitative estimate of drug-likeness (QED) is 0.371. The Hall–Kier alpha value is -3.94. The lowest BCUT2D eigenvalue weighted by Gasteiger charge is -2.18. The number of pyridine rings is 1. The van der Waals surface area contributed by atoms with Crippen molar-refractivity contribution in [2.45, 2.75) is 44.8 Å². The van der Waals surface area contributed by atoms with E-state index in [-0.39, 0.29) is 18.9 Å². The maximum Gasteiger partial charge on any atom is 0.408 e. The van der Waals surface area contributed by atoms with E-state index in [0.717, 1.165) is 16.5 Å². The first kappa shape index (κ1) is 23.7. The number of fused-ring (bicyclic) bond motifs is 1. The molecule has 1 atom stereocenters. The second-order valence-electron chi connectivity index (χ2n) is 7.65. The van der Waals surface area contributed by atoms with Crippen molar-refractivity contribution in [3.63, 3.8) is 0 Å². The third-order valence-corrected chi connectivity index (χ3v) is 5.08. The molecule has 1 unspecified atom stereocenters. The molecule has 0 aliphatic rings. The minimum atomic E-state index is -0.849. The van der Waals surface area contributed by atoms with Gasteiger partial charge in [0.15, 0.2) is 0 Å². The van der Waals surface area contributed by atoms with E-state index in [1.54, 1.807) is 12.3 Å². The van der Waals surface area contributed by atoms with Crippen LogP contribution < -0.4 is 10.6 Å². The fourth-order valence-electron chi connectivity index (χ4n) is 3.36. The molecule has 2 amide bonds. The van der Waals surface area contributed by atoms with E-state index in [0.29, 0.717) is 31.4 Å². The van der Waals surface area contributed by atoms with E-state index in [1.165, 1.54) is 0 Å². The Bertz CT molecular complexity index is 1090. The summed E-state index contributed by atoms with van der Waals surface area (Å²) in [6.07, 6.45) is 3.19. The third kappa shape index (κ3) is 7.92. The molecule has 0 spiro atoms. The van der Waals surface area contributed by atoms with E-state index in [2.05, 4.69) is 15.6 Å². The number of nitrogens with one attached hydrogen (secondary N) is 2. The first-order chi connectivity index (χ1) is 16.0. The highest BCUT2D eigenvalue weighted by atomic mass is 16.5. The molecule has 0 aliphatic heterocycles. The molecule has 1 aromatic heterocycles. The third-order valence-electron chi connectivity index (χ3n) is 5.08. The van der Waals surface area contributed by atoms with Gasteiger partial charge in [0.05, 0.1) is 5.52 Å². The summed E-state index contributed by atoms with van der Waals surface area (Å²) in [5.74, 6) is -1.22. The van der Waals surface area contributed by atoms with Gasteiger partial charge in [0.2, 0.25) is 5.91 Å². The highest BCUT2D eigenvalue weighted by Crippen LogP contribution is 2.18. The van der Waals surface area contributed by atoms with E-state index in [9.17, 15) is 14.4 Å². The number of amides is 2. The zero-order valence-corrected chi connectivity index (χ0v) is 18.2. The highest BCUT2D eigenvalue weighted by Gasteiger charge is 2.21. The molecule has 8 nitrogen and oxygen atoms in total. The van der Waals surface area contributed by atoms with Gasteiger partial charge in [0.25, 0.3) is 0 Å². The van der Waals surface area contributed by atoms with Gasteiger partial charge in [-0.1, -0.05) is 49.2 Å². The first-order valence-corrected chi connectivity index (χ1v) is 10.9. The Morgan fingerprint density at radius 2 is 1.79 bits per heavy atom. The second kappa shape index (κ2) is 12.2. The highest BCUT2D eigenvalue weighted by molar-refractivity contribution is 5.98. The van der Waals surface area contributed by atoms with Crippen molar-refractivity contribution in [1.29, 1.82) is 0 Å². The fraction of sp³-hybridized carbons (Fsp3) is 0.280. The van der Waals surface area contributed by atoms with Gasteiger partial charge < -0.3 is 20.5 Å². The number of ether oxygens (including phenoxy) is 1.